The molecule has 0 fully saturated rings. The van der Waals surface area contributed by atoms with E-state index < -0.39 is 5.95 Å². The first kappa shape index (κ1) is 9.62. The summed E-state index contributed by atoms with van der Waals surface area (Å²) in [6, 6.07) is 1.37. The van der Waals surface area contributed by atoms with Gasteiger partial charge in [0.05, 0.1) is 0 Å². The Bertz CT molecular complexity index is 292. The normalized spacial score (nSPS) is 14.0. The van der Waals surface area contributed by atoms with Crippen LogP contribution in [0, 0.1) is 12.1 Å². The second kappa shape index (κ2) is 3.50. The molecule has 1 aliphatic rings. The van der Waals surface area contributed by atoms with Gasteiger partial charge in [0, 0.05) is 19.5 Å². The summed E-state index contributed by atoms with van der Waals surface area (Å²) in [5, 5.41) is 9.23. The maximum atomic E-state index is 12.5. The number of aromatic nitrogens is 1. The SMILES string of the molecule is O[C-]1CCc2cc(F)ncc21.[Rh]. The summed E-state index contributed by atoms with van der Waals surface area (Å²) in [7, 11) is 0. The summed E-state index contributed by atoms with van der Waals surface area (Å²) in [6.07, 6.45) is 3.04. The van der Waals surface area contributed by atoms with Gasteiger partial charge in [0.2, 0.25) is 0 Å². The third kappa shape index (κ3) is 1.50. The van der Waals surface area contributed by atoms with Crippen molar-refractivity contribution in [3.05, 3.63) is 35.4 Å². The molecular formula is C8H7FNORh-. The molecule has 1 heterocycles. The number of aliphatic hydroxyl groups excluding tert-OH is 1. The molecule has 1 aliphatic carbocycles. The largest absolute Gasteiger partial charge is 0.426 e. The molecule has 0 aromatic carbocycles. The minimum atomic E-state index is -0.474. The van der Waals surface area contributed by atoms with Gasteiger partial charge in [-0.3, -0.25) is 4.98 Å². The maximum absolute atomic E-state index is 12.5. The minimum Gasteiger partial charge on any atom is -0.426 e. The van der Waals surface area contributed by atoms with E-state index in [0.717, 1.165) is 12.0 Å². The number of hydrogen-bond donors (Lipinski definition) is 1. The Kier molecular flexibility index (Phi) is 2.81. The van der Waals surface area contributed by atoms with E-state index in [1.807, 2.05) is 0 Å². The zero-order valence-corrected chi connectivity index (χ0v) is 7.81. The summed E-state index contributed by atoms with van der Waals surface area (Å²) in [5.41, 5.74) is 1.56. The molecule has 1 aromatic rings. The van der Waals surface area contributed by atoms with Gasteiger partial charge in [-0.2, -0.15) is 4.39 Å². The number of aryl methyl sites for hydroxylation is 1. The molecule has 1 N–H and O–H groups in total. The maximum Gasteiger partial charge on any atom is 0.188 e. The number of fused-ring (bicyclic) bond motifs is 1. The molecule has 0 bridgehead atoms. The van der Waals surface area contributed by atoms with Gasteiger partial charge in [0.1, 0.15) is 0 Å². The van der Waals surface area contributed by atoms with Crippen molar-refractivity contribution in [1.29, 1.82) is 0 Å². The van der Waals surface area contributed by atoms with Crippen LogP contribution in [-0.2, 0) is 25.9 Å². The predicted octanol–water partition coefficient (Wildman–Crippen LogP) is 1.42. The van der Waals surface area contributed by atoms with Gasteiger partial charge >= 0.3 is 0 Å². The predicted molar refractivity (Wildman–Crippen MR) is 36.8 cm³/mol. The van der Waals surface area contributed by atoms with Gasteiger partial charge in [-0.25, -0.2) is 0 Å². The summed E-state index contributed by atoms with van der Waals surface area (Å²) in [5.74, 6) is -0.474. The van der Waals surface area contributed by atoms with Gasteiger partial charge in [0.25, 0.3) is 0 Å². The Morgan fingerprint density at radius 2 is 2.33 bits per heavy atom. The zero-order chi connectivity index (χ0) is 7.84. The van der Waals surface area contributed by atoms with Crippen molar-refractivity contribution in [1.82, 2.24) is 4.98 Å². The molecule has 0 aliphatic heterocycles. The molecule has 67 valence electrons. The van der Waals surface area contributed by atoms with E-state index in [-0.39, 0.29) is 19.5 Å². The second-order valence-electron chi connectivity index (χ2n) is 2.61. The Labute approximate surface area is 82.6 Å². The van der Waals surface area contributed by atoms with Crippen LogP contribution in [0.15, 0.2) is 12.3 Å². The Morgan fingerprint density at radius 1 is 1.58 bits per heavy atom. The van der Waals surface area contributed by atoms with Gasteiger partial charge in [0.15, 0.2) is 5.95 Å². The second-order valence-corrected chi connectivity index (χ2v) is 2.61. The average molecular weight is 255 g/mol. The smallest absolute Gasteiger partial charge is 0.188 e. The number of hydrogen-bond acceptors (Lipinski definition) is 2. The molecule has 2 rings (SSSR count). The summed E-state index contributed by atoms with van der Waals surface area (Å²) >= 11 is 0. The molecule has 0 atom stereocenters. The van der Waals surface area contributed by atoms with Gasteiger partial charge < -0.3 is 5.11 Å². The standard InChI is InChI=1S/C8H7FNO.Rh/c9-8-3-5-1-2-7(11)6(5)4-10-8;/h3-4,11H,1-2H2;/q-1;. The van der Waals surface area contributed by atoms with Crippen molar-refractivity contribution in [3.8, 4) is 0 Å². The van der Waals surface area contributed by atoms with Crippen LogP contribution < -0.4 is 0 Å². The van der Waals surface area contributed by atoms with Crippen molar-refractivity contribution >= 4 is 0 Å². The molecule has 0 amide bonds. The molecule has 1 aromatic heterocycles. The van der Waals surface area contributed by atoms with Crippen LogP contribution in [0.3, 0.4) is 0 Å². The first-order valence-corrected chi connectivity index (χ1v) is 3.47. The minimum absolute atomic E-state index is 0. The summed E-state index contributed by atoms with van der Waals surface area (Å²) in [4.78, 5) is 3.45. The molecule has 0 saturated carbocycles. The van der Waals surface area contributed by atoms with Crippen LogP contribution in [-0.4, -0.2) is 10.1 Å². The van der Waals surface area contributed by atoms with E-state index >= 15 is 0 Å². The van der Waals surface area contributed by atoms with Crippen LogP contribution in [0.4, 0.5) is 4.39 Å². The van der Waals surface area contributed by atoms with E-state index in [4.69, 9.17) is 0 Å². The molecule has 0 unspecified atom stereocenters. The van der Waals surface area contributed by atoms with Crippen molar-refractivity contribution in [2.75, 3.05) is 0 Å². The Balaban J connectivity index is 0.000000720. The summed E-state index contributed by atoms with van der Waals surface area (Å²) < 4.78 is 12.5. The van der Waals surface area contributed by atoms with Crippen LogP contribution in [0.25, 0.3) is 0 Å². The Morgan fingerprint density at radius 3 is 3.08 bits per heavy atom. The van der Waals surface area contributed by atoms with Gasteiger partial charge in [-0.1, -0.05) is 31.2 Å². The van der Waals surface area contributed by atoms with Gasteiger partial charge in [-0.15, -0.1) is 11.1 Å². The third-order valence-corrected chi connectivity index (χ3v) is 1.90. The molecule has 1 radical (unpaired) electrons. The fraction of sp³-hybridized carbons (Fsp3) is 0.250. The van der Waals surface area contributed by atoms with Crippen molar-refractivity contribution in [2.45, 2.75) is 12.8 Å². The molecule has 0 spiro atoms. The van der Waals surface area contributed by atoms with Crippen LogP contribution in [0.2, 0.25) is 0 Å². The number of nitrogens with zero attached hydrogens (tertiary/aromatic N) is 1. The number of pyridine rings is 1. The van der Waals surface area contributed by atoms with Crippen molar-refractivity contribution in [3.63, 3.8) is 0 Å². The molecule has 0 saturated heterocycles. The van der Waals surface area contributed by atoms with E-state index in [1.165, 1.54) is 12.3 Å². The molecular weight excluding hydrogens is 248 g/mol. The average Bonchev–Trinajstić information content (AvgIpc) is 2.32. The summed E-state index contributed by atoms with van der Waals surface area (Å²) in [6.45, 7) is 0. The topological polar surface area (TPSA) is 33.1 Å². The van der Waals surface area contributed by atoms with E-state index in [9.17, 15) is 9.50 Å². The fourth-order valence-electron chi connectivity index (χ4n) is 1.32. The number of aliphatic hydroxyl groups is 1. The zero-order valence-electron chi connectivity index (χ0n) is 6.17. The van der Waals surface area contributed by atoms with E-state index in [0.29, 0.717) is 18.1 Å². The fourth-order valence-corrected chi connectivity index (χ4v) is 1.32. The van der Waals surface area contributed by atoms with E-state index in [2.05, 4.69) is 4.98 Å². The first-order chi connectivity index (χ1) is 5.27. The number of rotatable bonds is 0. The van der Waals surface area contributed by atoms with Gasteiger partial charge in [-0.05, 0) is 0 Å². The molecule has 4 heteroatoms. The quantitative estimate of drug-likeness (QED) is 0.432. The van der Waals surface area contributed by atoms with E-state index in [1.54, 1.807) is 0 Å². The monoisotopic (exact) mass is 255 g/mol. The molecule has 2 nitrogen and oxygen atoms in total. The first-order valence-electron chi connectivity index (χ1n) is 3.47. The Hall–Kier alpha value is -0.467. The molecule has 12 heavy (non-hydrogen) atoms. The van der Waals surface area contributed by atoms with Crippen molar-refractivity contribution < 1.29 is 29.0 Å². The van der Waals surface area contributed by atoms with Crippen LogP contribution in [0.5, 0.6) is 0 Å². The third-order valence-electron chi connectivity index (χ3n) is 1.90. The number of halogens is 1. The van der Waals surface area contributed by atoms with Crippen LogP contribution >= 0.6 is 0 Å². The van der Waals surface area contributed by atoms with Crippen molar-refractivity contribution in [2.24, 2.45) is 0 Å². The van der Waals surface area contributed by atoms with Crippen LogP contribution in [0.1, 0.15) is 17.5 Å².